The summed E-state index contributed by atoms with van der Waals surface area (Å²) in [5, 5.41) is 21.9. The lowest BCUT2D eigenvalue weighted by atomic mass is 9.91. The molecule has 234 valence electrons. The van der Waals surface area contributed by atoms with Gasteiger partial charge in [-0.1, -0.05) is 79.3 Å². The second-order valence-electron chi connectivity index (χ2n) is 11.0. The first kappa shape index (κ1) is 32.3. The third-order valence-corrected chi connectivity index (χ3v) is 8.71. The van der Waals surface area contributed by atoms with E-state index in [0.29, 0.717) is 23.9 Å². The Morgan fingerprint density at radius 1 is 0.867 bits per heavy atom. The fraction of sp³-hybridized carbons (Fsp3) is 0.314. The number of rotatable bonds is 13. The van der Waals surface area contributed by atoms with Gasteiger partial charge in [0.05, 0.1) is 18.8 Å². The number of carboxylic acid groups (broad SMARTS) is 1. The number of aromatic nitrogens is 2. The van der Waals surface area contributed by atoms with Crippen molar-refractivity contribution in [1.82, 2.24) is 15.3 Å². The lowest BCUT2D eigenvalue weighted by Gasteiger charge is -2.41. The summed E-state index contributed by atoms with van der Waals surface area (Å²) in [6.45, 7) is 2.47. The molecule has 4 aromatic rings. The highest BCUT2D eigenvalue weighted by Gasteiger charge is 2.38. The van der Waals surface area contributed by atoms with Crippen LogP contribution in [0.25, 0.3) is 11.1 Å². The van der Waals surface area contributed by atoms with Crippen LogP contribution in [0.3, 0.4) is 0 Å². The number of aliphatic hydroxyl groups excluding tert-OH is 1. The van der Waals surface area contributed by atoms with Gasteiger partial charge in [-0.15, -0.1) is 0 Å². The smallest absolute Gasteiger partial charge is 0.303 e. The van der Waals surface area contributed by atoms with E-state index in [1.54, 1.807) is 30.2 Å². The van der Waals surface area contributed by atoms with Gasteiger partial charge in [0.15, 0.2) is 11.4 Å². The van der Waals surface area contributed by atoms with Gasteiger partial charge in [-0.3, -0.25) is 9.59 Å². The minimum absolute atomic E-state index is 0.0173. The molecule has 1 fully saturated rings. The summed E-state index contributed by atoms with van der Waals surface area (Å²) in [6.07, 6.45) is 2.94. The summed E-state index contributed by atoms with van der Waals surface area (Å²) in [5.41, 5.74) is 5.67. The van der Waals surface area contributed by atoms with Crippen LogP contribution in [-0.2, 0) is 32.2 Å². The van der Waals surface area contributed by atoms with Gasteiger partial charge in [-0.05, 0) is 52.4 Å². The number of hydrogen-bond donors (Lipinski definition) is 3. The first-order valence-electron chi connectivity index (χ1n) is 15.0. The van der Waals surface area contributed by atoms with Gasteiger partial charge in [0.25, 0.3) is 0 Å². The van der Waals surface area contributed by atoms with Crippen molar-refractivity contribution >= 4 is 23.6 Å². The molecule has 5 rings (SSSR count). The Hall–Kier alpha value is -4.09. The maximum atomic E-state index is 12.2. The fourth-order valence-corrected chi connectivity index (χ4v) is 6.21. The Labute approximate surface area is 267 Å². The summed E-state index contributed by atoms with van der Waals surface area (Å²) in [5.74, 6) is -0.382. The molecule has 0 aliphatic carbocycles. The predicted octanol–water partition coefficient (Wildman–Crippen LogP) is 6.09. The molecule has 0 saturated carbocycles. The number of carboxylic acids is 1. The van der Waals surface area contributed by atoms with E-state index >= 15 is 0 Å². The molecule has 0 spiro atoms. The highest BCUT2D eigenvalue weighted by Crippen LogP contribution is 2.43. The van der Waals surface area contributed by atoms with Crippen molar-refractivity contribution in [1.29, 1.82) is 0 Å². The van der Waals surface area contributed by atoms with Gasteiger partial charge in [0, 0.05) is 49.0 Å². The average molecular weight is 628 g/mol. The van der Waals surface area contributed by atoms with Crippen LogP contribution >= 0.6 is 11.8 Å². The number of nitrogens with one attached hydrogen (secondary N) is 1. The largest absolute Gasteiger partial charge is 0.481 e. The van der Waals surface area contributed by atoms with Crippen LogP contribution in [0, 0.1) is 5.92 Å². The van der Waals surface area contributed by atoms with Crippen molar-refractivity contribution in [2.75, 3.05) is 5.75 Å². The molecule has 2 heterocycles. The number of hydrogen-bond acceptors (Lipinski definition) is 8. The highest BCUT2D eigenvalue weighted by atomic mass is 32.2. The zero-order valence-corrected chi connectivity index (χ0v) is 25.9. The molecule has 45 heavy (non-hydrogen) atoms. The van der Waals surface area contributed by atoms with Crippen LogP contribution in [0.15, 0.2) is 96.4 Å². The van der Waals surface area contributed by atoms with Crippen LogP contribution in [0.2, 0.25) is 0 Å². The van der Waals surface area contributed by atoms with Crippen LogP contribution < -0.4 is 5.32 Å². The number of aliphatic hydroxyl groups is 1. The van der Waals surface area contributed by atoms with Crippen LogP contribution in [-0.4, -0.2) is 43.9 Å². The number of aliphatic carboxylic acids is 1. The van der Waals surface area contributed by atoms with E-state index in [2.05, 4.69) is 28.3 Å². The minimum atomic E-state index is -0.903. The number of amides is 1. The monoisotopic (exact) mass is 627 g/mol. The van der Waals surface area contributed by atoms with Crippen LogP contribution in [0.5, 0.6) is 0 Å². The third-order valence-electron chi connectivity index (χ3n) is 7.75. The van der Waals surface area contributed by atoms with Gasteiger partial charge >= 0.3 is 5.97 Å². The standard InChI is InChI=1S/C35H37N3O6S/c1-23-30(22-45-35-36-16-5-17-37-35)43-34(44-33(23)26-14-12-24(21-39)13-15-26)29-9-3-8-28(19-29)27-7-2-6-25(18-27)20-38-31(40)10-4-11-32(41)42/h2-3,5-9,12-19,23,30,33-34,39H,4,10-11,20-22H2,1H3,(H,38,40)(H,41,42)/t23-,30+,33+,34+/m0/s1. The van der Waals surface area contributed by atoms with Gasteiger partial charge in [-0.25, -0.2) is 9.97 Å². The number of thioether (sulfide) groups is 1. The minimum Gasteiger partial charge on any atom is -0.481 e. The van der Waals surface area contributed by atoms with Gasteiger partial charge < -0.3 is 25.0 Å². The third kappa shape index (κ3) is 8.98. The Kier molecular flexibility index (Phi) is 11.3. The van der Waals surface area contributed by atoms with Crippen molar-refractivity contribution in [3.8, 4) is 11.1 Å². The SMILES string of the molecule is C[C@H]1[C@@H](CSc2ncccn2)O[C@@H](c2cccc(-c3cccc(CNC(=O)CCCC(=O)O)c3)c2)O[C@H]1c1ccc(CO)cc1. The number of nitrogens with zero attached hydrogens (tertiary/aromatic N) is 2. The maximum absolute atomic E-state index is 12.2. The van der Waals surface area contributed by atoms with Gasteiger partial charge in [-0.2, -0.15) is 0 Å². The molecule has 10 heteroatoms. The quantitative estimate of drug-likeness (QED) is 0.119. The second kappa shape index (κ2) is 15.8. The first-order valence-corrected chi connectivity index (χ1v) is 16.0. The van der Waals surface area contributed by atoms with E-state index in [1.807, 2.05) is 66.7 Å². The normalized spacial score (nSPS) is 19.6. The van der Waals surface area contributed by atoms with Crippen molar-refractivity contribution in [3.63, 3.8) is 0 Å². The first-order chi connectivity index (χ1) is 21.9. The number of carbonyl (C=O) groups is 2. The zero-order chi connectivity index (χ0) is 31.6. The summed E-state index contributed by atoms with van der Waals surface area (Å²) in [7, 11) is 0. The average Bonchev–Trinajstić information content (AvgIpc) is 3.07. The molecule has 1 amide bonds. The molecule has 1 aromatic heterocycles. The highest BCUT2D eigenvalue weighted by molar-refractivity contribution is 7.99. The Bertz CT molecular complexity index is 1570. The number of carbonyl (C=O) groups excluding carboxylic acids is 1. The molecule has 1 saturated heterocycles. The summed E-state index contributed by atoms with van der Waals surface area (Å²) in [6, 6.07) is 25.7. The molecule has 4 atom stereocenters. The van der Waals surface area contributed by atoms with Gasteiger partial charge in [0.2, 0.25) is 5.91 Å². The molecule has 1 aliphatic rings. The van der Waals surface area contributed by atoms with E-state index in [9.17, 15) is 14.7 Å². The second-order valence-corrected chi connectivity index (χ2v) is 12.0. The Balaban J connectivity index is 1.33. The summed E-state index contributed by atoms with van der Waals surface area (Å²) >= 11 is 1.55. The number of ether oxygens (including phenoxy) is 2. The Morgan fingerprint density at radius 2 is 1.60 bits per heavy atom. The van der Waals surface area contributed by atoms with E-state index < -0.39 is 12.3 Å². The van der Waals surface area contributed by atoms with Gasteiger partial charge in [0.1, 0.15) is 0 Å². The van der Waals surface area contributed by atoms with E-state index in [-0.39, 0.29) is 43.5 Å². The van der Waals surface area contributed by atoms with Crippen molar-refractivity contribution < 1.29 is 29.3 Å². The molecule has 0 bridgehead atoms. The molecule has 9 nitrogen and oxygen atoms in total. The number of benzene rings is 3. The van der Waals surface area contributed by atoms with Crippen LogP contribution in [0.4, 0.5) is 0 Å². The van der Waals surface area contributed by atoms with Crippen molar-refractivity contribution in [2.45, 2.75) is 63.0 Å². The molecule has 0 unspecified atom stereocenters. The topological polar surface area (TPSA) is 131 Å². The summed E-state index contributed by atoms with van der Waals surface area (Å²) in [4.78, 5) is 31.6. The van der Waals surface area contributed by atoms with Crippen LogP contribution in [0.1, 0.15) is 60.8 Å². The Morgan fingerprint density at radius 3 is 2.33 bits per heavy atom. The van der Waals surface area contributed by atoms with E-state index in [4.69, 9.17) is 14.6 Å². The molecule has 0 radical (unpaired) electrons. The molecule has 3 N–H and O–H groups in total. The van der Waals surface area contributed by atoms with E-state index in [0.717, 1.165) is 33.4 Å². The fourth-order valence-electron chi connectivity index (χ4n) is 5.24. The van der Waals surface area contributed by atoms with E-state index in [1.165, 1.54) is 0 Å². The zero-order valence-electron chi connectivity index (χ0n) is 25.0. The lowest BCUT2D eigenvalue weighted by Crippen LogP contribution is -2.38. The molecular formula is C35H37N3O6S. The maximum Gasteiger partial charge on any atom is 0.303 e. The van der Waals surface area contributed by atoms with Crippen molar-refractivity contribution in [2.24, 2.45) is 5.92 Å². The summed E-state index contributed by atoms with van der Waals surface area (Å²) < 4.78 is 13.3. The molecule has 1 aliphatic heterocycles. The lowest BCUT2D eigenvalue weighted by molar-refractivity contribution is -0.268. The predicted molar refractivity (Wildman–Crippen MR) is 171 cm³/mol. The molecular weight excluding hydrogens is 590 g/mol. The molecule has 3 aromatic carbocycles. The van der Waals surface area contributed by atoms with Crippen molar-refractivity contribution in [3.05, 3.63) is 114 Å².